The summed E-state index contributed by atoms with van der Waals surface area (Å²) >= 11 is 7.48. The van der Waals surface area contributed by atoms with Crippen LogP contribution in [0.15, 0.2) is 53.4 Å². The van der Waals surface area contributed by atoms with Crippen molar-refractivity contribution in [3.05, 3.63) is 59.1 Å². The first-order valence-electron chi connectivity index (χ1n) is 7.44. The molecule has 0 saturated carbocycles. The van der Waals surface area contributed by atoms with E-state index in [1.54, 1.807) is 18.0 Å². The van der Waals surface area contributed by atoms with Crippen LogP contribution in [-0.4, -0.2) is 29.5 Å². The average Bonchev–Trinajstić information content (AvgIpc) is 2.55. The molecule has 0 unspecified atom stereocenters. The minimum Gasteiger partial charge on any atom is -0.342 e. The maximum absolute atomic E-state index is 12.2. The van der Waals surface area contributed by atoms with Crippen molar-refractivity contribution in [1.82, 2.24) is 4.90 Å². The van der Waals surface area contributed by atoms with Gasteiger partial charge < -0.3 is 10.2 Å². The van der Waals surface area contributed by atoms with Crippen LogP contribution in [0.1, 0.15) is 12.5 Å². The van der Waals surface area contributed by atoms with Gasteiger partial charge in [-0.05, 0) is 23.8 Å². The number of para-hydroxylation sites is 1. The van der Waals surface area contributed by atoms with Gasteiger partial charge in [0.15, 0.2) is 0 Å². The van der Waals surface area contributed by atoms with Crippen LogP contribution in [0, 0.1) is 0 Å². The Hall–Kier alpha value is -1.98. The number of benzene rings is 2. The summed E-state index contributed by atoms with van der Waals surface area (Å²) in [7, 11) is 1.73. The fourth-order valence-electron chi connectivity index (χ4n) is 2.04. The molecule has 6 heteroatoms. The summed E-state index contributed by atoms with van der Waals surface area (Å²) < 4.78 is 0. The number of amides is 2. The monoisotopic (exact) mass is 362 g/mol. The number of rotatable bonds is 6. The smallest absolute Gasteiger partial charge is 0.234 e. The van der Waals surface area contributed by atoms with Gasteiger partial charge in [-0.25, -0.2) is 0 Å². The van der Waals surface area contributed by atoms with E-state index in [1.165, 1.54) is 18.7 Å². The zero-order chi connectivity index (χ0) is 17.5. The number of anilines is 1. The van der Waals surface area contributed by atoms with Gasteiger partial charge in [0.05, 0.1) is 10.8 Å². The van der Waals surface area contributed by atoms with Crippen LogP contribution in [-0.2, 0) is 16.1 Å². The molecule has 2 amide bonds. The Labute approximate surface area is 151 Å². The van der Waals surface area contributed by atoms with E-state index in [0.29, 0.717) is 11.6 Å². The lowest BCUT2D eigenvalue weighted by atomic mass is 10.1. The van der Waals surface area contributed by atoms with Crippen molar-refractivity contribution in [1.29, 1.82) is 0 Å². The fraction of sp³-hybridized carbons (Fsp3) is 0.222. The Bertz CT molecular complexity index is 736. The van der Waals surface area contributed by atoms with E-state index in [4.69, 9.17) is 11.6 Å². The van der Waals surface area contributed by atoms with Crippen molar-refractivity contribution < 1.29 is 9.59 Å². The highest BCUT2D eigenvalue weighted by Crippen LogP contribution is 2.26. The second-order valence-corrected chi connectivity index (χ2v) is 6.72. The quantitative estimate of drug-likeness (QED) is 0.789. The molecular formula is C18H19ClN2O2S. The number of hydrogen-bond acceptors (Lipinski definition) is 3. The Balaban J connectivity index is 1.99. The number of hydrogen-bond donors (Lipinski definition) is 1. The van der Waals surface area contributed by atoms with Gasteiger partial charge in [-0.2, -0.15) is 0 Å². The summed E-state index contributed by atoms with van der Waals surface area (Å²) in [4.78, 5) is 26.1. The summed E-state index contributed by atoms with van der Waals surface area (Å²) in [5.41, 5.74) is 1.61. The van der Waals surface area contributed by atoms with Crippen LogP contribution in [0.3, 0.4) is 0 Å². The lowest BCUT2D eigenvalue weighted by Crippen LogP contribution is -2.24. The molecule has 4 nitrogen and oxygen atoms in total. The Morgan fingerprint density at radius 3 is 2.50 bits per heavy atom. The van der Waals surface area contributed by atoms with Crippen LogP contribution in [0.2, 0.25) is 5.02 Å². The third-order valence-corrected chi connectivity index (χ3v) is 4.95. The second kappa shape index (κ2) is 8.76. The van der Waals surface area contributed by atoms with Crippen LogP contribution in [0.4, 0.5) is 5.69 Å². The molecule has 2 rings (SSSR count). The first kappa shape index (κ1) is 18.4. The molecule has 0 aliphatic carbocycles. The van der Waals surface area contributed by atoms with E-state index in [0.717, 1.165) is 16.1 Å². The Morgan fingerprint density at radius 1 is 1.12 bits per heavy atom. The predicted octanol–water partition coefficient (Wildman–Crippen LogP) is 4.05. The zero-order valence-electron chi connectivity index (χ0n) is 13.6. The minimum absolute atomic E-state index is 0.0228. The first-order chi connectivity index (χ1) is 11.5. The highest BCUT2D eigenvalue weighted by Gasteiger charge is 2.11. The van der Waals surface area contributed by atoms with Gasteiger partial charge in [0.25, 0.3) is 0 Å². The molecule has 0 atom stereocenters. The normalized spacial score (nSPS) is 10.3. The Kier molecular flexibility index (Phi) is 6.70. The van der Waals surface area contributed by atoms with Gasteiger partial charge in [-0.15, -0.1) is 11.8 Å². The number of carbonyl (C=O) groups is 2. The third kappa shape index (κ3) is 5.28. The molecule has 0 spiro atoms. The average molecular weight is 363 g/mol. The molecule has 24 heavy (non-hydrogen) atoms. The highest BCUT2D eigenvalue weighted by molar-refractivity contribution is 8.00. The SMILES string of the molecule is CC(=O)N(C)Cc1ccccc1NC(=O)CSc1ccccc1Cl. The van der Waals surface area contributed by atoms with Gasteiger partial charge in [0, 0.05) is 31.1 Å². The largest absolute Gasteiger partial charge is 0.342 e. The van der Waals surface area contributed by atoms with Crippen LogP contribution < -0.4 is 5.32 Å². The summed E-state index contributed by atoms with van der Waals surface area (Å²) in [5.74, 6) is 0.129. The maximum atomic E-state index is 12.2. The van der Waals surface area contributed by atoms with Gasteiger partial charge in [0.1, 0.15) is 0 Å². The van der Waals surface area contributed by atoms with E-state index in [1.807, 2.05) is 42.5 Å². The van der Waals surface area contributed by atoms with Gasteiger partial charge in [0.2, 0.25) is 11.8 Å². The molecule has 0 aromatic heterocycles. The number of nitrogens with zero attached hydrogens (tertiary/aromatic N) is 1. The van der Waals surface area contributed by atoms with E-state index < -0.39 is 0 Å². The fourth-order valence-corrected chi connectivity index (χ4v) is 3.08. The Morgan fingerprint density at radius 2 is 1.79 bits per heavy atom. The molecule has 0 aliphatic heterocycles. The first-order valence-corrected chi connectivity index (χ1v) is 8.80. The van der Waals surface area contributed by atoms with Crippen LogP contribution >= 0.6 is 23.4 Å². The number of carbonyl (C=O) groups excluding carboxylic acids is 2. The highest BCUT2D eigenvalue weighted by atomic mass is 35.5. The molecule has 2 aromatic rings. The molecule has 1 N–H and O–H groups in total. The number of thioether (sulfide) groups is 1. The summed E-state index contributed by atoms with van der Waals surface area (Å²) in [6, 6.07) is 14.9. The van der Waals surface area contributed by atoms with Gasteiger partial charge in [-0.1, -0.05) is 41.9 Å². The zero-order valence-corrected chi connectivity index (χ0v) is 15.2. The van der Waals surface area contributed by atoms with Crippen molar-refractivity contribution in [2.24, 2.45) is 0 Å². The van der Waals surface area contributed by atoms with Crippen molar-refractivity contribution >= 4 is 40.9 Å². The molecule has 0 saturated heterocycles. The molecule has 2 aromatic carbocycles. The van der Waals surface area contributed by atoms with Crippen LogP contribution in [0.25, 0.3) is 0 Å². The lowest BCUT2D eigenvalue weighted by Gasteiger charge is -2.17. The predicted molar refractivity (Wildman–Crippen MR) is 99.4 cm³/mol. The molecule has 0 radical (unpaired) electrons. The molecular weight excluding hydrogens is 344 g/mol. The summed E-state index contributed by atoms with van der Waals surface area (Å²) in [6.45, 7) is 1.96. The molecule has 0 bridgehead atoms. The molecule has 0 heterocycles. The van der Waals surface area contributed by atoms with E-state index in [9.17, 15) is 9.59 Å². The van der Waals surface area contributed by atoms with Gasteiger partial charge >= 0.3 is 0 Å². The molecule has 126 valence electrons. The van der Waals surface area contributed by atoms with E-state index in [2.05, 4.69) is 5.32 Å². The van der Waals surface area contributed by atoms with Gasteiger partial charge in [-0.3, -0.25) is 9.59 Å². The topological polar surface area (TPSA) is 49.4 Å². The lowest BCUT2D eigenvalue weighted by molar-refractivity contribution is -0.128. The van der Waals surface area contributed by atoms with E-state index >= 15 is 0 Å². The minimum atomic E-state index is -0.113. The molecule has 0 aliphatic rings. The number of halogens is 1. The summed E-state index contributed by atoms with van der Waals surface area (Å²) in [5, 5.41) is 3.54. The maximum Gasteiger partial charge on any atom is 0.234 e. The second-order valence-electron chi connectivity index (χ2n) is 5.30. The van der Waals surface area contributed by atoms with Crippen molar-refractivity contribution in [3.63, 3.8) is 0 Å². The third-order valence-electron chi connectivity index (χ3n) is 3.43. The van der Waals surface area contributed by atoms with Crippen molar-refractivity contribution in [2.75, 3.05) is 18.1 Å². The molecule has 0 fully saturated rings. The van der Waals surface area contributed by atoms with Crippen molar-refractivity contribution in [3.8, 4) is 0 Å². The summed E-state index contributed by atoms with van der Waals surface area (Å²) in [6.07, 6.45) is 0. The van der Waals surface area contributed by atoms with Crippen molar-refractivity contribution in [2.45, 2.75) is 18.4 Å². The standard InChI is InChI=1S/C18H19ClN2O2S/c1-13(22)21(2)11-14-7-3-5-9-16(14)20-18(23)12-24-17-10-6-4-8-15(17)19/h3-10H,11-12H2,1-2H3,(H,20,23). The van der Waals surface area contributed by atoms with Crippen LogP contribution in [0.5, 0.6) is 0 Å². The van der Waals surface area contributed by atoms with E-state index in [-0.39, 0.29) is 17.6 Å². The number of nitrogens with one attached hydrogen (secondary N) is 1.